The minimum atomic E-state index is -1.05. The molecular weight excluding hydrogens is 276 g/mol. The number of carboxylic acid groups (broad SMARTS) is 1. The van der Waals surface area contributed by atoms with E-state index in [1.165, 1.54) is 13.2 Å². The molecule has 1 N–H and O–H groups in total. The minimum Gasteiger partial charge on any atom is -0.497 e. The third-order valence-corrected chi connectivity index (χ3v) is 2.54. The molecule has 1 aromatic carbocycles. The van der Waals surface area contributed by atoms with Crippen LogP contribution in [0.2, 0.25) is 0 Å². The van der Waals surface area contributed by atoms with Crippen LogP contribution in [0, 0.1) is 6.92 Å². The molecule has 0 amide bonds. The summed E-state index contributed by atoms with van der Waals surface area (Å²) in [4.78, 5) is 14.7. The smallest absolute Gasteiger partial charge is 0.328 e. The number of aromatic nitrogens is 2. The molecule has 7 heteroatoms. The SMILES string of the molecule is COc1ccc(OCc2nc(C)no2)c(/C=C/C(=O)O)c1. The summed E-state index contributed by atoms with van der Waals surface area (Å²) in [6.07, 6.45) is 2.46. The fourth-order valence-electron chi connectivity index (χ4n) is 1.61. The van der Waals surface area contributed by atoms with Gasteiger partial charge in [0.25, 0.3) is 5.89 Å². The summed E-state index contributed by atoms with van der Waals surface area (Å²) in [5.74, 6) is 0.910. The molecule has 2 rings (SSSR count). The second-order valence-corrected chi connectivity index (χ2v) is 4.10. The van der Waals surface area contributed by atoms with Gasteiger partial charge in [0.05, 0.1) is 7.11 Å². The van der Waals surface area contributed by atoms with Gasteiger partial charge in [0, 0.05) is 11.6 Å². The van der Waals surface area contributed by atoms with Gasteiger partial charge in [-0.15, -0.1) is 0 Å². The lowest BCUT2D eigenvalue weighted by Gasteiger charge is -2.09. The Morgan fingerprint density at radius 2 is 2.29 bits per heavy atom. The zero-order valence-electron chi connectivity index (χ0n) is 11.6. The predicted molar refractivity (Wildman–Crippen MR) is 73.0 cm³/mol. The number of rotatable bonds is 6. The quantitative estimate of drug-likeness (QED) is 0.813. The Morgan fingerprint density at radius 3 is 2.90 bits per heavy atom. The number of hydrogen-bond acceptors (Lipinski definition) is 6. The number of benzene rings is 1. The standard InChI is InChI=1S/C14H14N2O5/c1-9-15-13(21-16-9)8-20-12-5-4-11(19-2)7-10(12)3-6-14(17)18/h3-7H,8H2,1-2H3,(H,17,18)/b6-3+. The van der Waals surface area contributed by atoms with Crippen molar-refractivity contribution >= 4 is 12.0 Å². The van der Waals surface area contributed by atoms with Crippen molar-refractivity contribution in [2.45, 2.75) is 13.5 Å². The van der Waals surface area contributed by atoms with E-state index in [1.807, 2.05) is 0 Å². The molecule has 0 fully saturated rings. The van der Waals surface area contributed by atoms with Crippen LogP contribution in [-0.2, 0) is 11.4 Å². The molecule has 1 heterocycles. The van der Waals surface area contributed by atoms with E-state index < -0.39 is 5.97 Å². The van der Waals surface area contributed by atoms with Crippen LogP contribution in [0.4, 0.5) is 0 Å². The summed E-state index contributed by atoms with van der Waals surface area (Å²) in [6, 6.07) is 5.07. The molecule has 7 nitrogen and oxygen atoms in total. The summed E-state index contributed by atoms with van der Waals surface area (Å²) in [7, 11) is 1.53. The van der Waals surface area contributed by atoms with E-state index in [2.05, 4.69) is 10.1 Å². The normalized spacial score (nSPS) is 10.8. The topological polar surface area (TPSA) is 94.7 Å². The third kappa shape index (κ3) is 4.07. The molecular formula is C14H14N2O5. The monoisotopic (exact) mass is 290 g/mol. The molecule has 21 heavy (non-hydrogen) atoms. The second-order valence-electron chi connectivity index (χ2n) is 4.10. The van der Waals surface area contributed by atoms with Crippen molar-refractivity contribution in [1.29, 1.82) is 0 Å². The zero-order chi connectivity index (χ0) is 15.2. The van der Waals surface area contributed by atoms with Crippen molar-refractivity contribution in [2.75, 3.05) is 7.11 Å². The first kappa shape index (κ1) is 14.6. The van der Waals surface area contributed by atoms with Crippen molar-refractivity contribution in [3.05, 3.63) is 41.6 Å². The highest BCUT2D eigenvalue weighted by molar-refractivity contribution is 5.86. The second kappa shape index (κ2) is 6.56. The van der Waals surface area contributed by atoms with Gasteiger partial charge in [-0.05, 0) is 31.2 Å². The maximum atomic E-state index is 10.6. The molecule has 0 aliphatic heterocycles. The van der Waals surface area contributed by atoms with Gasteiger partial charge >= 0.3 is 5.97 Å². The van der Waals surface area contributed by atoms with Crippen molar-refractivity contribution in [3.63, 3.8) is 0 Å². The zero-order valence-corrected chi connectivity index (χ0v) is 11.6. The number of carbonyl (C=O) groups is 1. The van der Waals surface area contributed by atoms with E-state index in [0.717, 1.165) is 6.08 Å². The molecule has 0 bridgehead atoms. The maximum Gasteiger partial charge on any atom is 0.328 e. The minimum absolute atomic E-state index is 0.0983. The van der Waals surface area contributed by atoms with Gasteiger partial charge in [0.15, 0.2) is 12.4 Å². The first-order chi connectivity index (χ1) is 10.1. The van der Waals surface area contributed by atoms with Crippen LogP contribution in [0.15, 0.2) is 28.8 Å². The number of aliphatic carboxylic acids is 1. The number of aryl methyl sites for hydroxylation is 1. The van der Waals surface area contributed by atoms with E-state index in [1.54, 1.807) is 25.1 Å². The van der Waals surface area contributed by atoms with Crippen LogP contribution in [0.1, 0.15) is 17.3 Å². The Kier molecular flexibility index (Phi) is 4.55. The number of hydrogen-bond donors (Lipinski definition) is 1. The first-order valence-electron chi connectivity index (χ1n) is 6.09. The number of carboxylic acids is 1. The van der Waals surface area contributed by atoms with E-state index >= 15 is 0 Å². The van der Waals surface area contributed by atoms with Gasteiger partial charge in [0.1, 0.15) is 11.5 Å². The molecule has 0 aliphatic carbocycles. The predicted octanol–water partition coefficient (Wildman–Crippen LogP) is 2.06. The van der Waals surface area contributed by atoms with Crippen LogP contribution >= 0.6 is 0 Å². The molecule has 0 saturated heterocycles. The number of ether oxygens (including phenoxy) is 2. The van der Waals surface area contributed by atoms with Gasteiger partial charge in [-0.1, -0.05) is 5.16 Å². The fourth-order valence-corrected chi connectivity index (χ4v) is 1.61. The molecule has 0 spiro atoms. The summed E-state index contributed by atoms with van der Waals surface area (Å²) in [6.45, 7) is 1.81. The summed E-state index contributed by atoms with van der Waals surface area (Å²) in [5, 5.41) is 12.4. The van der Waals surface area contributed by atoms with Gasteiger partial charge in [-0.2, -0.15) is 4.98 Å². The Balaban J connectivity index is 2.18. The molecule has 110 valence electrons. The third-order valence-electron chi connectivity index (χ3n) is 2.54. The maximum absolute atomic E-state index is 10.6. The molecule has 0 aliphatic rings. The van der Waals surface area contributed by atoms with E-state index in [-0.39, 0.29) is 6.61 Å². The van der Waals surface area contributed by atoms with Crippen molar-refractivity contribution in [3.8, 4) is 11.5 Å². The highest BCUT2D eigenvalue weighted by Gasteiger charge is 2.07. The van der Waals surface area contributed by atoms with Gasteiger partial charge < -0.3 is 19.1 Å². The lowest BCUT2D eigenvalue weighted by Crippen LogP contribution is -1.98. The largest absolute Gasteiger partial charge is 0.497 e. The Labute approximate surface area is 120 Å². The van der Waals surface area contributed by atoms with Gasteiger partial charge in [0.2, 0.25) is 0 Å². The van der Waals surface area contributed by atoms with Gasteiger partial charge in [-0.25, -0.2) is 4.79 Å². The fraction of sp³-hybridized carbons (Fsp3) is 0.214. The van der Waals surface area contributed by atoms with Crippen molar-refractivity contribution in [1.82, 2.24) is 10.1 Å². The first-order valence-corrected chi connectivity index (χ1v) is 6.09. The van der Waals surface area contributed by atoms with Gasteiger partial charge in [-0.3, -0.25) is 0 Å². The number of nitrogens with zero attached hydrogens (tertiary/aromatic N) is 2. The number of methoxy groups -OCH3 is 1. The van der Waals surface area contributed by atoms with Crippen LogP contribution in [-0.4, -0.2) is 28.3 Å². The van der Waals surface area contributed by atoms with Crippen molar-refractivity contribution < 1.29 is 23.9 Å². The summed E-state index contributed by atoms with van der Waals surface area (Å²) < 4.78 is 15.6. The Morgan fingerprint density at radius 1 is 1.48 bits per heavy atom. The molecule has 0 atom stereocenters. The van der Waals surface area contributed by atoms with Crippen LogP contribution < -0.4 is 9.47 Å². The molecule has 0 unspecified atom stereocenters. The highest BCUT2D eigenvalue weighted by atomic mass is 16.5. The van der Waals surface area contributed by atoms with E-state index in [0.29, 0.717) is 28.8 Å². The lowest BCUT2D eigenvalue weighted by molar-refractivity contribution is -0.131. The average molecular weight is 290 g/mol. The van der Waals surface area contributed by atoms with Crippen LogP contribution in [0.5, 0.6) is 11.5 Å². The Bertz CT molecular complexity index is 663. The van der Waals surface area contributed by atoms with E-state index in [9.17, 15) is 4.79 Å². The van der Waals surface area contributed by atoms with Crippen molar-refractivity contribution in [2.24, 2.45) is 0 Å². The molecule has 0 radical (unpaired) electrons. The van der Waals surface area contributed by atoms with E-state index in [4.69, 9.17) is 19.1 Å². The molecule has 1 aromatic heterocycles. The lowest BCUT2D eigenvalue weighted by atomic mass is 10.1. The van der Waals surface area contributed by atoms with Crippen LogP contribution in [0.25, 0.3) is 6.08 Å². The molecule has 2 aromatic rings. The molecule has 0 saturated carbocycles. The average Bonchev–Trinajstić information content (AvgIpc) is 2.88. The highest BCUT2D eigenvalue weighted by Crippen LogP contribution is 2.26. The summed E-state index contributed by atoms with van der Waals surface area (Å²) >= 11 is 0. The van der Waals surface area contributed by atoms with Crippen LogP contribution in [0.3, 0.4) is 0 Å². The summed E-state index contributed by atoms with van der Waals surface area (Å²) in [5.41, 5.74) is 0.577. The Hall–Kier alpha value is -2.83.